The molecule has 0 atom stereocenters. The summed E-state index contributed by atoms with van der Waals surface area (Å²) in [4.78, 5) is 0. The van der Waals surface area contributed by atoms with Gasteiger partial charge < -0.3 is 5.32 Å². The quantitative estimate of drug-likeness (QED) is 0.803. The van der Waals surface area contributed by atoms with Crippen molar-refractivity contribution in [1.82, 2.24) is 0 Å². The SMILES string of the molecule is CC(C)CCNc1cc(Cl)ccc1F. The van der Waals surface area contributed by atoms with Crippen LogP contribution in [0.15, 0.2) is 18.2 Å². The summed E-state index contributed by atoms with van der Waals surface area (Å²) in [5.41, 5.74) is 0.484. The van der Waals surface area contributed by atoms with Crippen LogP contribution in [0.4, 0.5) is 10.1 Å². The molecule has 0 aliphatic carbocycles. The number of anilines is 1. The van der Waals surface area contributed by atoms with Crippen LogP contribution in [-0.2, 0) is 0 Å². The molecule has 0 aliphatic rings. The fraction of sp³-hybridized carbons (Fsp3) is 0.455. The number of hydrogen-bond acceptors (Lipinski definition) is 1. The third-order valence-corrected chi connectivity index (χ3v) is 2.20. The first-order chi connectivity index (χ1) is 6.59. The van der Waals surface area contributed by atoms with Crippen molar-refractivity contribution >= 4 is 17.3 Å². The Bertz CT molecular complexity index is 299. The van der Waals surface area contributed by atoms with E-state index in [1.54, 1.807) is 12.1 Å². The van der Waals surface area contributed by atoms with Crippen molar-refractivity contribution in [2.24, 2.45) is 5.92 Å². The highest BCUT2D eigenvalue weighted by Gasteiger charge is 2.02. The average Bonchev–Trinajstić information content (AvgIpc) is 2.10. The standard InChI is InChI=1S/C11H15ClFN/c1-8(2)5-6-14-11-7-9(12)3-4-10(11)13/h3-4,7-8,14H,5-6H2,1-2H3. The lowest BCUT2D eigenvalue weighted by Crippen LogP contribution is -2.06. The van der Waals surface area contributed by atoms with Gasteiger partial charge in [0.2, 0.25) is 0 Å². The van der Waals surface area contributed by atoms with E-state index in [0.717, 1.165) is 13.0 Å². The van der Waals surface area contributed by atoms with E-state index in [0.29, 0.717) is 16.6 Å². The van der Waals surface area contributed by atoms with Gasteiger partial charge >= 0.3 is 0 Å². The van der Waals surface area contributed by atoms with Gasteiger partial charge in [-0.25, -0.2) is 4.39 Å². The summed E-state index contributed by atoms with van der Waals surface area (Å²) in [5.74, 6) is 0.364. The number of halogens is 2. The van der Waals surface area contributed by atoms with Crippen molar-refractivity contribution in [3.05, 3.63) is 29.0 Å². The lowest BCUT2D eigenvalue weighted by Gasteiger charge is -2.09. The second-order valence-corrected chi connectivity index (χ2v) is 4.17. The molecule has 0 radical (unpaired) electrons. The first kappa shape index (κ1) is 11.3. The Balaban J connectivity index is 2.53. The Morgan fingerprint density at radius 2 is 2.14 bits per heavy atom. The summed E-state index contributed by atoms with van der Waals surface area (Å²) in [6.07, 6.45) is 1.02. The largest absolute Gasteiger partial charge is 0.383 e. The van der Waals surface area contributed by atoms with E-state index in [4.69, 9.17) is 11.6 Å². The Labute approximate surface area is 89.3 Å². The van der Waals surface area contributed by atoms with Gasteiger partial charge in [-0.15, -0.1) is 0 Å². The van der Waals surface area contributed by atoms with Crippen LogP contribution in [0.3, 0.4) is 0 Å². The Hall–Kier alpha value is -0.760. The molecule has 0 saturated carbocycles. The molecule has 1 N–H and O–H groups in total. The maximum absolute atomic E-state index is 13.2. The molecule has 0 aromatic heterocycles. The molecule has 14 heavy (non-hydrogen) atoms. The van der Waals surface area contributed by atoms with Crippen molar-refractivity contribution in [2.75, 3.05) is 11.9 Å². The zero-order valence-electron chi connectivity index (χ0n) is 8.48. The molecule has 0 saturated heterocycles. The van der Waals surface area contributed by atoms with E-state index in [2.05, 4.69) is 19.2 Å². The number of nitrogens with one attached hydrogen (secondary N) is 1. The van der Waals surface area contributed by atoms with Crippen LogP contribution in [0.5, 0.6) is 0 Å². The Kier molecular flexibility index (Phi) is 4.21. The molecule has 78 valence electrons. The maximum Gasteiger partial charge on any atom is 0.146 e. The molecule has 0 aliphatic heterocycles. The van der Waals surface area contributed by atoms with Crippen molar-refractivity contribution < 1.29 is 4.39 Å². The molecule has 1 nitrogen and oxygen atoms in total. The number of benzene rings is 1. The van der Waals surface area contributed by atoms with Crippen molar-refractivity contribution in [3.8, 4) is 0 Å². The van der Waals surface area contributed by atoms with Gasteiger partial charge in [0, 0.05) is 11.6 Å². The Morgan fingerprint density at radius 1 is 1.43 bits per heavy atom. The molecule has 0 amide bonds. The molecule has 1 aromatic carbocycles. The molecular weight excluding hydrogens is 201 g/mol. The molecule has 0 fully saturated rings. The van der Waals surface area contributed by atoms with Crippen molar-refractivity contribution in [1.29, 1.82) is 0 Å². The second-order valence-electron chi connectivity index (χ2n) is 3.73. The van der Waals surface area contributed by atoms with Crippen LogP contribution in [0.2, 0.25) is 5.02 Å². The van der Waals surface area contributed by atoms with Gasteiger partial charge in [-0.2, -0.15) is 0 Å². The molecular formula is C11H15ClFN. The number of hydrogen-bond donors (Lipinski definition) is 1. The van der Waals surface area contributed by atoms with E-state index in [1.807, 2.05) is 0 Å². The van der Waals surface area contributed by atoms with Gasteiger partial charge in [-0.3, -0.25) is 0 Å². The second kappa shape index (κ2) is 5.20. The highest BCUT2D eigenvalue weighted by Crippen LogP contribution is 2.19. The molecule has 0 bridgehead atoms. The topological polar surface area (TPSA) is 12.0 Å². The van der Waals surface area contributed by atoms with Crippen LogP contribution in [0.1, 0.15) is 20.3 Å². The zero-order chi connectivity index (χ0) is 10.6. The molecule has 0 heterocycles. The smallest absolute Gasteiger partial charge is 0.146 e. The normalized spacial score (nSPS) is 10.6. The van der Waals surface area contributed by atoms with Gasteiger partial charge in [-0.1, -0.05) is 25.4 Å². The van der Waals surface area contributed by atoms with Crippen molar-refractivity contribution in [3.63, 3.8) is 0 Å². The maximum atomic E-state index is 13.2. The lowest BCUT2D eigenvalue weighted by atomic mass is 10.1. The third-order valence-electron chi connectivity index (χ3n) is 1.97. The fourth-order valence-electron chi connectivity index (χ4n) is 1.13. The number of rotatable bonds is 4. The monoisotopic (exact) mass is 215 g/mol. The first-order valence-electron chi connectivity index (χ1n) is 4.78. The van der Waals surface area contributed by atoms with E-state index in [9.17, 15) is 4.39 Å². The minimum atomic E-state index is -0.252. The van der Waals surface area contributed by atoms with Crippen LogP contribution < -0.4 is 5.32 Å². The van der Waals surface area contributed by atoms with E-state index in [-0.39, 0.29) is 5.82 Å². The first-order valence-corrected chi connectivity index (χ1v) is 5.16. The fourth-order valence-corrected chi connectivity index (χ4v) is 1.30. The van der Waals surface area contributed by atoms with Crippen molar-refractivity contribution in [2.45, 2.75) is 20.3 Å². The van der Waals surface area contributed by atoms with Gasteiger partial charge in [0.1, 0.15) is 5.82 Å². The average molecular weight is 216 g/mol. The Morgan fingerprint density at radius 3 is 2.79 bits per heavy atom. The van der Waals surface area contributed by atoms with Gasteiger partial charge in [-0.05, 0) is 30.5 Å². The molecule has 3 heteroatoms. The zero-order valence-corrected chi connectivity index (χ0v) is 9.24. The summed E-state index contributed by atoms with van der Waals surface area (Å²) in [6.45, 7) is 5.04. The molecule has 0 spiro atoms. The minimum absolute atomic E-state index is 0.252. The summed E-state index contributed by atoms with van der Waals surface area (Å²) in [6, 6.07) is 4.53. The minimum Gasteiger partial charge on any atom is -0.383 e. The summed E-state index contributed by atoms with van der Waals surface area (Å²) >= 11 is 5.75. The predicted molar refractivity (Wildman–Crippen MR) is 59.4 cm³/mol. The highest BCUT2D eigenvalue weighted by atomic mass is 35.5. The van der Waals surface area contributed by atoms with E-state index in [1.165, 1.54) is 6.07 Å². The predicted octanol–water partition coefficient (Wildman–Crippen LogP) is 3.94. The van der Waals surface area contributed by atoms with E-state index >= 15 is 0 Å². The third kappa shape index (κ3) is 3.54. The van der Waals surface area contributed by atoms with Crippen LogP contribution in [0.25, 0.3) is 0 Å². The van der Waals surface area contributed by atoms with Crippen LogP contribution in [0, 0.1) is 11.7 Å². The summed E-state index contributed by atoms with van der Waals surface area (Å²) < 4.78 is 13.2. The molecule has 1 rings (SSSR count). The lowest BCUT2D eigenvalue weighted by molar-refractivity contribution is 0.600. The van der Waals surface area contributed by atoms with Crippen LogP contribution in [-0.4, -0.2) is 6.54 Å². The van der Waals surface area contributed by atoms with E-state index < -0.39 is 0 Å². The summed E-state index contributed by atoms with van der Waals surface area (Å²) in [5, 5.41) is 3.58. The summed E-state index contributed by atoms with van der Waals surface area (Å²) in [7, 11) is 0. The van der Waals surface area contributed by atoms with Gasteiger partial charge in [0.25, 0.3) is 0 Å². The van der Waals surface area contributed by atoms with Gasteiger partial charge in [0.05, 0.1) is 5.69 Å². The molecule has 1 aromatic rings. The van der Waals surface area contributed by atoms with Gasteiger partial charge in [0.15, 0.2) is 0 Å². The highest BCUT2D eigenvalue weighted by molar-refractivity contribution is 6.30. The van der Waals surface area contributed by atoms with Crippen LogP contribution >= 0.6 is 11.6 Å². The molecule has 0 unspecified atom stereocenters.